The summed E-state index contributed by atoms with van der Waals surface area (Å²) in [5.74, 6) is 2.17. The van der Waals surface area contributed by atoms with Gasteiger partial charge in [0, 0.05) is 44.6 Å². The van der Waals surface area contributed by atoms with Crippen LogP contribution >= 0.6 is 0 Å². The standard InChI is InChI=1S/C21H34N2O6S2/c1-20(2,12-16-14-28-22-18(16)24)6-10-30(26)8-5-9-31(27)11-7-21(3,4)13-17-15-29-23-19(17)25/h14-15H,5-13H2,1-4H3,(H,22,24)(H,23,25). The van der Waals surface area contributed by atoms with E-state index < -0.39 is 21.6 Å². The Bertz CT molecular complexity index is 904. The molecule has 0 fully saturated rings. The van der Waals surface area contributed by atoms with E-state index in [1.54, 1.807) is 0 Å². The van der Waals surface area contributed by atoms with E-state index in [9.17, 15) is 18.0 Å². The number of H-pyrrole nitrogens is 2. The van der Waals surface area contributed by atoms with Gasteiger partial charge in [0.25, 0.3) is 11.1 Å². The fraction of sp³-hybridized carbons (Fsp3) is 0.714. The van der Waals surface area contributed by atoms with Gasteiger partial charge in [-0.1, -0.05) is 27.7 Å². The van der Waals surface area contributed by atoms with Gasteiger partial charge >= 0.3 is 0 Å². The van der Waals surface area contributed by atoms with Crippen molar-refractivity contribution in [3.05, 3.63) is 44.4 Å². The van der Waals surface area contributed by atoms with Crippen molar-refractivity contribution >= 4 is 21.6 Å². The van der Waals surface area contributed by atoms with Crippen molar-refractivity contribution in [1.29, 1.82) is 0 Å². The lowest BCUT2D eigenvalue weighted by Gasteiger charge is -2.23. The summed E-state index contributed by atoms with van der Waals surface area (Å²) in [5, 5.41) is 4.58. The van der Waals surface area contributed by atoms with Crippen LogP contribution in [0.25, 0.3) is 0 Å². The number of hydrogen-bond acceptors (Lipinski definition) is 6. The SMILES string of the molecule is CC(C)(CCS(=O)CCCS(=O)CCC(C)(C)Cc1co[nH]c1=O)Cc1co[nH]c1=O. The van der Waals surface area contributed by atoms with Crippen molar-refractivity contribution < 1.29 is 17.5 Å². The summed E-state index contributed by atoms with van der Waals surface area (Å²) in [7, 11) is -1.95. The normalized spacial score (nSPS) is 14.6. The van der Waals surface area contributed by atoms with E-state index in [-0.39, 0.29) is 21.9 Å². The summed E-state index contributed by atoms with van der Waals surface area (Å²) in [5.41, 5.74) is 0.473. The Morgan fingerprint density at radius 2 is 1.13 bits per heavy atom. The quantitative estimate of drug-likeness (QED) is 0.434. The smallest absolute Gasteiger partial charge is 0.283 e. The second kappa shape index (κ2) is 11.3. The van der Waals surface area contributed by atoms with Gasteiger partial charge < -0.3 is 9.05 Å². The summed E-state index contributed by atoms with van der Waals surface area (Å²) in [6.45, 7) is 8.19. The maximum Gasteiger partial charge on any atom is 0.283 e. The van der Waals surface area contributed by atoms with E-state index >= 15 is 0 Å². The minimum Gasteiger partial charge on any atom is -0.387 e. The van der Waals surface area contributed by atoms with Crippen molar-refractivity contribution in [2.45, 2.75) is 59.8 Å². The second-order valence-corrected chi connectivity index (χ2v) is 13.0. The summed E-state index contributed by atoms with van der Waals surface area (Å²) in [4.78, 5) is 23.2. The third-order valence-corrected chi connectivity index (χ3v) is 8.19. The summed E-state index contributed by atoms with van der Waals surface area (Å²) in [6, 6.07) is 0. The second-order valence-electron chi connectivity index (χ2n) is 9.62. The first-order valence-electron chi connectivity index (χ1n) is 10.5. The number of nitrogens with one attached hydrogen (secondary N) is 2. The summed E-state index contributed by atoms with van der Waals surface area (Å²) >= 11 is 0. The molecule has 2 aromatic rings. The molecular weight excluding hydrogens is 440 g/mol. The maximum atomic E-state index is 12.4. The van der Waals surface area contributed by atoms with Crippen molar-refractivity contribution in [1.82, 2.24) is 10.3 Å². The highest BCUT2D eigenvalue weighted by atomic mass is 32.2. The fourth-order valence-corrected chi connectivity index (χ4v) is 6.45. The minimum absolute atomic E-state index is 0.155. The highest BCUT2D eigenvalue weighted by Crippen LogP contribution is 2.26. The van der Waals surface area contributed by atoms with E-state index in [1.807, 2.05) is 27.7 Å². The molecule has 0 saturated heterocycles. The van der Waals surface area contributed by atoms with Crippen LogP contribution in [-0.4, -0.2) is 41.7 Å². The first kappa shape index (κ1) is 25.6. The molecule has 0 radical (unpaired) electrons. The Labute approximate surface area is 187 Å². The van der Waals surface area contributed by atoms with Gasteiger partial charge in [-0.25, -0.2) is 0 Å². The molecule has 2 unspecified atom stereocenters. The largest absolute Gasteiger partial charge is 0.387 e. The molecule has 10 heteroatoms. The van der Waals surface area contributed by atoms with Crippen LogP contribution in [-0.2, 0) is 34.4 Å². The van der Waals surface area contributed by atoms with Crippen LogP contribution < -0.4 is 11.1 Å². The average molecular weight is 475 g/mol. The van der Waals surface area contributed by atoms with Gasteiger partial charge in [-0.15, -0.1) is 0 Å². The Kier molecular flexibility index (Phi) is 9.29. The topological polar surface area (TPSA) is 126 Å². The van der Waals surface area contributed by atoms with Gasteiger partial charge in [-0.05, 0) is 42.9 Å². The number of hydrogen-bond donors (Lipinski definition) is 2. The molecule has 0 aliphatic heterocycles. The van der Waals surface area contributed by atoms with Gasteiger partial charge in [0.15, 0.2) is 0 Å². The molecule has 2 rings (SSSR count). The monoisotopic (exact) mass is 474 g/mol. The fourth-order valence-electron chi connectivity index (χ4n) is 3.36. The Balaban J connectivity index is 1.64. The van der Waals surface area contributed by atoms with E-state index in [4.69, 9.17) is 9.05 Å². The summed E-state index contributed by atoms with van der Waals surface area (Å²) in [6.07, 6.45) is 6.13. The van der Waals surface area contributed by atoms with Crippen molar-refractivity contribution in [3.8, 4) is 0 Å². The molecule has 8 nitrogen and oxygen atoms in total. The lowest BCUT2D eigenvalue weighted by molar-refractivity contribution is 0.348. The van der Waals surface area contributed by atoms with Gasteiger partial charge in [0.1, 0.15) is 12.5 Å². The minimum atomic E-state index is -0.975. The van der Waals surface area contributed by atoms with Gasteiger partial charge in [0.05, 0.1) is 11.1 Å². The van der Waals surface area contributed by atoms with Gasteiger partial charge in [-0.3, -0.25) is 18.0 Å². The van der Waals surface area contributed by atoms with Crippen LogP contribution in [0.3, 0.4) is 0 Å². The first-order chi connectivity index (χ1) is 14.5. The predicted octanol–water partition coefficient (Wildman–Crippen LogP) is 2.75. The molecule has 0 bridgehead atoms. The number of aromatic nitrogens is 2. The average Bonchev–Trinajstić information content (AvgIpc) is 3.26. The Hall–Kier alpha value is -1.68. The lowest BCUT2D eigenvalue weighted by atomic mass is 9.84. The van der Waals surface area contributed by atoms with Crippen LogP contribution in [0.4, 0.5) is 0 Å². The zero-order chi connectivity index (χ0) is 23.1. The number of aromatic amines is 2. The predicted molar refractivity (Wildman–Crippen MR) is 123 cm³/mol. The molecule has 2 N–H and O–H groups in total. The molecule has 0 aliphatic carbocycles. The zero-order valence-corrected chi connectivity index (χ0v) is 20.4. The van der Waals surface area contributed by atoms with Crippen molar-refractivity contribution in [2.75, 3.05) is 23.0 Å². The lowest BCUT2D eigenvalue weighted by Crippen LogP contribution is -2.23. The Morgan fingerprint density at radius 3 is 1.45 bits per heavy atom. The van der Waals surface area contributed by atoms with Crippen LogP contribution in [0.5, 0.6) is 0 Å². The molecule has 0 saturated carbocycles. The van der Waals surface area contributed by atoms with E-state index in [0.717, 1.165) is 12.8 Å². The Morgan fingerprint density at radius 1 is 0.742 bits per heavy atom. The van der Waals surface area contributed by atoms with Crippen molar-refractivity contribution in [2.24, 2.45) is 10.8 Å². The van der Waals surface area contributed by atoms with Crippen LogP contribution in [0, 0.1) is 10.8 Å². The third kappa shape index (κ3) is 9.14. The van der Waals surface area contributed by atoms with E-state index in [1.165, 1.54) is 12.5 Å². The molecule has 2 atom stereocenters. The third-order valence-electron chi connectivity index (χ3n) is 5.38. The highest BCUT2D eigenvalue weighted by molar-refractivity contribution is 7.85. The summed E-state index contributed by atoms with van der Waals surface area (Å²) < 4.78 is 34.3. The molecule has 0 amide bonds. The molecule has 2 aromatic heterocycles. The van der Waals surface area contributed by atoms with E-state index in [2.05, 4.69) is 10.3 Å². The van der Waals surface area contributed by atoms with Crippen LogP contribution in [0.1, 0.15) is 58.1 Å². The maximum absolute atomic E-state index is 12.4. The molecule has 2 heterocycles. The molecule has 0 aliphatic rings. The van der Waals surface area contributed by atoms with Crippen molar-refractivity contribution in [3.63, 3.8) is 0 Å². The molecular formula is C21H34N2O6S2. The molecule has 31 heavy (non-hydrogen) atoms. The molecule has 176 valence electrons. The molecule has 0 spiro atoms. The van der Waals surface area contributed by atoms with E-state index in [0.29, 0.717) is 53.4 Å². The first-order valence-corrected chi connectivity index (χ1v) is 13.5. The molecule has 0 aromatic carbocycles. The van der Waals surface area contributed by atoms with Crippen LogP contribution in [0.2, 0.25) is 0 Å². The van der Waals surface area contributed by atoms with Gasteiger partial charge in [-0.2, -0.15) is 10.3 Å². The van der Waals surface area contributed by atoms with Gasteiger partial charge in [0.2, 0.25) is 0 Å². The zero-order valence-electron chi connectivity index (χ0n) is 18.8. The number of rotatable bonds is 14. The van der Waals surface area contributed by atoms with Crippen LogP contribution in [0.15, 0.2) is 31.2 Å². The highest BCUT2D eigenvalue weighted by Gasteiger charge is 2.23.